The Bertz CT molecular complexity index is 1080. The van der Waals surface area contributed by atoms with Crippen molar-refractivity contribution in [3.05, 3.63) is 42.0 Å². The quantitative estimate of drug-likeness (QED) is 0.587. The molecule has 0 aromatic carbocycles. The Labute approximate surface area is 166 Å². The van der Waals surface area contributed by atoms with E-state index < -0.39 is 5.91 Å². The number of carbonyl (C=O) groups is 1. The molecule has 0 aliphatic carbocycles. The number of carbonyl (C=O) groups excluding carboxylic acids is 1. The number of nitrogens with one attached hydrogen (secondary N) is 2. The Morgan fingerprint density at radius 2 is 2.24 bits per heavy atom. The first-order valence-electron chi connectivity index (χ1n) is 9.28. The highest BCUT2D eigenvalue weighted by Crippen LogP contribution is 2.27. The van der Waals surface area contributed by atoms with Crippen molar-refractivity contribution >= 4 is 23.1 Å². The van der Waals surface area contributed by atoms with E-state index in [1.807, 2.05) is 6.07 Å². The minimum Gasteiger partial charge on any atom is -0.488 e. The van der Waals surface area contributed by atoms with Crippen LogP contribution in [0.4, 0.5) is 11.5 Å². The van der Waals surface area contributed by atoms with E-state index in [0.29, 0.717) is 22.6 Å². The van der Waals surface area contributed by atoms with Crippen LogP contribution in [0.1, 0.15) is 28.8 Å². The van der Waals surface area contributed by atoms with E-state index in [-0.39, 0.29) is 23.9 Å². The summed E-state index contributed by atoms with van der Waals surface area (Å²) in [6, 6.07) is 3.77. The first-order valence-corrected chi connectivity index (χ1v) is 9.28. The summed E-state index contributed by atoms with van der Waals surface area (Å²) in [7, 11) is 0. The number of aromatic nitrogens is 4. The van der Waals surface area contributed by atoms with Crippen LogP contribution in [-0.4, -0.2) is 44.7 Å². The van der Waals surface area contributed by atoms with Crippen molar-refractivity contribution in [3.8, 4) is 11.8 Å². The summed E-state index contributed by atoms with van der Waals surface area (Å²) in [5.74, 6) is 0.148. The third-order valence-corrected chi connectivity index (χ3v) is 4.67. The van der Waals surface area contributed by atoms with E-state index in [1.54, 1.807) is 18.5 Å². The fourth-order valence-electron chi connectivity index (χ4n) is 3.25. The molecular weight excluding hydrogens is 372 g/mol. The van der Waals surface area contributed by atoms with Gasteiger partial charge in [0.1, 0.15) is 23.1 Å². The van der Waals surface area contributed by atoms with Gasteiger partial charge in [-0.3, -0.25) is 9.78 Å². The van der Waals surface area contributed by atoms with Gasteiger partial charge in [-0.2, -0.15) is 5.26 Å². The lowest BCUT2D eigenvalue weighted by molar-refractivity contribution is 0.102. The number of ether oxygens (including phenoxy) is 1. The predicted molar refractivity (Wildman–Crippen MR) is 105 cm³/mol. The Hall–Kier alpha value is -3.71. The van der Waals surface area contributed by atoms with Gasteiger partial charge in [0.05, 0.1) is 18.7 Å². The van der Waals surface area contributed by atoms with Crippen LogP contribution in [0.15, 0.2) is 30.9 Å². The maximum absolute atomic E-state index is 12.9. The van der Waals surface area contributed by atoms with Crippen molar-refractivity contribution in [1.29, 1.82) is 5.26 Å². The monoisotopic (exact) mass is 392 g/mol. The summed E-state index contributed by atoms with van der Waals surface area (Å²) in [5.41, 5.74) is 7.57. The van der Waals surface area contributed by atoms with Gasteiger partial charge in [0.2, 0.25) is 0 Å². The van der Waals surface area contributed by atoms with Crippen LogP contribution in [0.5, 0.6) is 5.75 Å². The molecule has 3 aromatic heterocycles. The Kier molecular flexibility index (Phi) is 5.22. The zero-order valence-electron chi connectivity index (χ0n) is 15.6. The molecule has 0 radical (unpaired) electrons. The molecule has 0 bridgehead atoms. The average molecular weight is 392 g/mol. The van der Waals surface area contributed by atoms with Crippen LogP contribution in [0.25, 0.3) is 5.65 Å². The van der Waals surface area contributed by atoms with Gasteiger partial charge in [-0.05, 0) is 25.9 Å². The lowest BCUT2D eigenvalue weighted by Crippen LogP contribution is -2.34. The van der Waals surface area contributed by atoms with Crippen LogP contribution in [0.2, 0.25) is 0 Å². The van der Waals surface area contributed by atoms with E-state index in [1.165, 1.54) is 16.9 Å². The number of nitrogen functional groups attached to an aromatic ring is 1. The van der Waals surface area contributed by atoms with Gasteiger partial charge >= 0.3 is 0 Å². The SMILES string of the molecule is N#CCc1cnc2c(C(=O)Nc3cnccc3OC3CCNCC3)c(N)nn2c1. The summed E-state index contributed by atoms with van der Waals surface area (Å²) < 4.78 is 7.48. The van der Waals surface area contributed by atoms with Gasteiger partial charge in [0.25, 0.3) is 5.91 Å². The minimum atomic E-state index is -0.457. The Morgan fingerprint density at radius 1 is 1.41 bits per heavy atom. The van der Waals surface area contributed by atoms with Gasteiger partial charge in [-0.1, -0.05) is 0 Å². The summed E-state index contributed by atoms with van der Waals surface area (Å²) in [4.78, 5) is 21.3. The molecule has 4 rings (SSSR count). The number of nitrogens with two attached hydrogens (primary N) is 1. The van der Waals surface area contributed by atoms with Crippen LogP contribution in [-0.2, 0) is 6.42 Å². The molecule has 1 fully saturated rings. The third-order valence-electron chi connectivity index (χ3n) is 4.67. The van der Waals surface area contributed by atoms with Crippen LogP contribution >= 0.6 is 0 Å². The molecule has 0 unspecified atom stereocenters. The fraction of sp³-hybridized carbons (Fsp3) is 0.316. The van der Waals surface area contributed by atoms with Crippen LogP contribution < -0.4 is 21.1 Å². The Balaban J connectivity index is 1.58. The van der Waals surface area contributed by atoms with Crippen molar-refractivity contribution in [1.82, 2.24) is 24.9 Å². The van der Waals surface area contributed by atoms with Crippen LogP contribution in [0, 0.1) is 11.3 Å². The molecule has 4 N–H and O–H groups in total. The van der Waals surface area contributed by atoms with E-state index in [0.717, 1.165) is 25.9 Å². The zero-order chi connectivity index (χ0) is 20.2. The summed E-state index contributed by atoms with van der Waals surface area (Å²) in [6.07, 6.45) is 8.38. The topological polar surface area (TPSA) is 143 Å². The molecule has 10 nitrogen and oxygen atoms in total. The second kappa shape index (κ2) is 8.12. The molecule has 1 saturated heterocycles. The third kappa shape index (κ3) is 3.95. The molecule has 4 heterocycles. The number of nitriles is 1. The van der Waals surface area contributed by atoms with E-state index >= 15 is 0 Å². The number of nitrogens with zero attached hydrogens (tertiary/aromatic N) is 5. The highest BCUT2D eigenvalue weighted by Gasteiger charge is 2.22. The van der Waals surface area contributed by atoms with Gasteiger partial charge in [0, 0.05) is 30.2 Å². The number of rotatable bonds is 5. The zero-order valence-corrected chi connectivity index (χ0v) is 15.6. The summed E-state index contributed by atoms with van der Waals surface area (Å²) in [5, 5.41) is 19.1. The van der Waals surface area contributed by atoms with Gasteiger partial charge in [-0.15, -0.1) is 5.10 Å². The highest BCUT2D eigenvalue weighted by atomic mass is 16.5. The molecule has 0 saturated carbocycles. The maximum atomic E-state index is 12.9. The van der Waals surface area contributed by atoms with E-state index in [9.17, 15) is 4.79 Å². The summed E-state index contributed by atoms with van der Waals surface area (Å²) in [6.45, 7) is 1.80. The Morgan fingerprint density at radius 3 is 3.03 bits per heavy atom. The second-order valence-corrected chi connectivity index (χ2v) is 6.72. The number of fused-ring (bicyclic) bond motifs is 1. The predicted octanol–water partition coefficient (Wildman–Crippen LogP) is 1.16. The van der Waals surface area contributed by atoms with Crippen molar-refractivity contribution in [3.63, 3.8) is 0 Å². The normalized spacial score (nSPS) is 14.4. The molecule has 148 valence electrons. The molecule has 1 amide bonds. The lowest BCUT2D eigenvalue weighted by atomic mass is 10.1. The number of amides is 1. The molecule has 1 aliphatic rings. The first kappa shape index (κ1) is 18.6. The van der Waals surface area contributed by atoms with Gasteiger partial charge < -0.3 is 21.1 Å². The largest absolute Gasteiger partial charge is 0.488 e. The smallest absolute Gasteiger partial charge is 0.263 e. The number of hydrogen-bond donors (Lipinski definition) is 3. The molecule has 1 aliphatic heterocycles. The van der Waals surface area contributed by atoms with Crippen LogP contribution in [0.3, 0.4) is 0 Å². The van der Waals surface area contributed by atoms with Crippen molar-refractivity contribution in [2.75, 3.05) is 24.1 Å². The molecular formula is C19H20N8O2. The van der Waals surface area contributed by atoms with E-state index in [4.69, 9.17) is 15.7 Å². The number of piperidine rings is 1. The van der Waals surface area contributed by atoms with Crippen molar-refractivity contribution in [2.45, 2.75) is 25.4 Å². The van der Waals surface area contributed by atoms with Gasteiger partial charge in [-0.25, -0.2) is 9.50 Å². The highest BCUT2D eigenvalue weighted by molar-refractivity contribution is 6.11. The van der Waals surface area contributed by atoms with Gasteiger partial charge in [0.15, 0.2) is 11.5 Å². The van der Waals surface area contributed by atoms with E-state index in [2.05, 4.69) is 25.7 Å². The lowest BCUT2D eigenvalue weighted by Gasteiger charge is -2.24. The molecule has 0 spiro atoms. The fourth-order valence-corrected chi connectivity index (χ4v) is 3.25. The summed E-state index contributed by atoms with van der Waals surface area (Å²) >= 11 is 0. The molecule has 0 atom stereocenters. The molecule has 3 aromatic rings. The standard InChI is InChI=1S/C19H20N8O2/c20-5-1-12-9-24-18-16(17(21)26-27(18)11-12)19(28)25-14-10-23-8-4-15(14)29-13-2-6-22-7-3-13/h4,8-11,13,22H,1-3,6-7H2,(H2,21,26)(H,25,28). The molecule has 10 heteroatoms. The number of hydrogen-bond acceptors (Lipinski definition) is 8. The maximum Gasteiger partial charge on any atom is 0.263 e. The first-order chi connectivity index (χ1) is 14.2. The van der Waals surface area contributed by atoms with Crippen molar-refractivity contribution in [2.24, 2.45) is 0 Å². The molecule has 29 heavy (non-hydrogen) atoms. The van der Waals surface area contributed by atoms with Crippen molar-refractivity contribution < 1.29 is 9.53 Å². The number of anilines is 2. The number of pyridine rings is 1. The average Bonchev–Trinajstić information content (AvgIpc) is 3.05. The second-order valence-electron chi connectivity index (χ2n) is 6.72. The minimum absolute atomic E-state index is 0.0498.